The Morgan fingerprint density at radius 3 is 2.65 bits per heavy atom. The highest BCUT2D eigenvalue weighted by Crippen LogP contribution is 2.14. The van der Waals surface area contributed by atoms with Gasteiger partial charge in [-0.25, -0.2) is 9.97 Å². The molecule has 1 atom stereocenters. The summed E-state index contributed by atoms with van der Waals surface area (Å²) in [6.45, 7) is 0.392. The van der Waals surface area contributed by atoms with Crippen LogP contribution in [0.1, 0.15) is 11.7 Å². The number of rotatable bonds is 4. The summed E-state index contributed by atoms with van der Waals surface area (Å²) >= 11 is 0. The van der Waals surface area contributed by atoms with E-state index in [1.165, 1.54) is 0 Å². The van der Waals surface area contributed by atoms with E-state index >= 15 is 0 Å². The summed E-state index contributed by atoms with van der Waals surface area (Å²) < 4.78 is 0. The first kappa shape index (κ1) is 12.5. The fraction of sp³-hybridized carbons (Fsp3) is 0.133. The van der Waals surface area contributed by atoms with Crippen molar-refractivity contribution < 1.29 is 5.11 Å². The van der Waals surface area contributed by atoms with Gasteiger partial charge in [0.15, 0.2) is 5.65 Å². The van der Waals surface area contributed by atoms with E-state index in [2.05, 4.69) is 20.3 Å². The number of nitrogens with one attached hydrogen (secondary N) is 1. The largest absolute Gasteiger partial charge is 0.387 e. The first-order valence-corrected chi connectivity index (χ1v) is 6.37. The van der Waals surface area contributed by atoms with Crippen molar-refractivity contribution in [2.24, 2.45) is 0 Å². The summed E-state index contributed by atoms with van der Waals surface area (Å²) in [5.74, 6) is 0.674. The van der Waals surface area contributed by atoms with Crippen LogP contribution in [0.2, 0.25) is 0 Å². The van der Waals surface area contributed by atoms with Crippen LogP contribution < -0.4 is 5.32 Å². The normalized spacial score (nSPS) is 12.2. The lowest BCUT2D eigenvalue weighted by atomic mass is 10.1. The number of anilines is 1. The van der Waals surface area contributed by atoms with Crippen molar-refractivity contribution in [2.75, 3.05) is 11.9 Å². The molecule has 2 N–H and O–H groups in total. The van der Waals surface area contributed by atoms with Crippen molar-refractivity contribution >= 4 is 17.0 Å². The smallest absolute Gasteiger partial charge is 0.180 e. The van der Waals surface area contributed by atoms with Gasteiger partial charge in [0.05, 0.1) is 6.10 Å². The molecular formula is C15H14N4O. The third-order valence-electron chi connectivity index (χ3n) is 2.99. The van der Waals surface area contributed by atoms with E-state index in [1.807, 2.05) is 42.5 Å². The van der Waals surface area contributed by atoms with Gasteiger partial charge in [0.2, 0.25) is 0 Å². The van der Waals surface area contributed by atoms with Crippen molar-refractivity contribution in [2.45, 2.75) is 6.10 Å². The molecule has 3 rings (SSSR count). The monoisotopic (exact) mass is 266 g/mol. The number of hydrogen-bond acceptors (Lipinski definition) is 5. The van der Waals surface area contributed by atoms with Gasteiger partial charge >= 0.3 is 0 Å². The molecule has 0 aliphatic heterocycles. The first-order valence-electron chi connectivity index (χ1n) is 6.37. The summed E-state index contributed by atoms with van der Waals surface area (Å²) in [7, 11) is 0. The number of aliphatic hydroxyl groups is 1. The quantitative estimate of drug-likeness (QED) is 0.757. The highest BCUT2D eigenvalue weighted by atomic mass is 16.3. The van der Waals surface area contributed by atoms with Crippen LogP contribution in [0.3, 0.4) is 0 Å². The van der Waals surface area contributed by atoms with E-state index in [-0.39, 0.29) is 0 Å². The Morgan fingerprint density at radius 1 is 1.00 bits per heavy atom. The van der Waals surface area contributed by atoms with E-state index < -0.39 is 6.10 Å². The standard InChI is InChI=1S/C15H14N4O/c20-13(11-4-2-1-3-5-11)10-18-14-7-6-12-15(19-14)17-9-8-16-12/h1-9,13,20H,10H2,(H,17,18,19). The second-order valence-corrected chi connectivity index (χ2v) is 4.40. The van der Waals surface area contributed by atoms with Crippen LogP contribution in [0, 0.1) is 0 Å². The second-order valence-electron chi connectivity index (χ2n) is 4.40. The Bertz CT molecular complexity index is 702. The fourth-order valence-electron chi connectivity index (χ4n) is 1.95. The Labute approximate surface area is 116 Å². The summed E-state index contributed by atoms with van der Waals surface area (Å²) in [6.07, 6.45) is 2.67. The van der Waals surface area contributed by atoms with Crippen LogP contribution in [-0.2, 0) is 0 Å². The molecule has 0 fully saturated rings. The number of aromatic nitrogens is 3. The number of aliphatic hydroxyl groups excluding tert-OH is 1. The molecule has 5 nitrogen and oxygen atoms in total. The number of pyridine rings is 1. The molecule has 0 bridgehead atoms. The molecule has 0 aliphatic rings. The van der Waals surface area contributed by atoms with Gasteiger partial charge in [-0.15, -0.1) is 0 Å². The fourth-order valence-corrected chi connectivity index (χ4v) is 1.95. The summed E-state index contributed by atoms with van der Waals surface area (Å²) in [6, 6.07) is 13.2. The first-order chi connectivity index (χ1) is 9.83. The predicted octanol–water partition coefficient (Wildman–Crippen LogP) is 2.17. The topological polar surface area (TPSA) is 70.9 Å². The van der Waals surface area contributed by atoms with Crippen LogP contribution >= 0.6 is 0 Å². The lowest BCUT2D eigenvalue weighted by Crippen LogP contribution is -2.12. The van der Waals surface area contributed by atoms with E-state index in [9.17, 15) is 5.11 Å². The van der Waals surface area contributed by atoms with E-state index in [0.717, 1.165) is 11.1 Å². The maximum absolute atomic E-state index is 10.1. The molecule has 0 spiro atoms. The van der Waals surface area contributed by atoms with E-state index in [0.29, 0.717) is 18.0 Å². The SMILES string of the molecule is OC(CNc1ccc2nccnc2n1)c1ccccc1. The van der Waals surface area contributed by atoms with E-state index in [1.54, 1.807) is 12.4 Å². The van der Waals surface area contributed by atoms with Crippen LogP contribution in [-0.4, -0.2) is 26.6 Å². The average molecular weight is 266 g/mol. The zero-order valence-corrected chi connectivity index (χ0v) is 10.8. The Balaban J connectivity index is 1.70. The van der Waals surface area contributed by atoms with Crippen molar-refractivity contribution in [1.29, 1.82) is 0 Å². The highest BCUT2D eigenvalue weighted by molar-refractivity contribution is 5.71. The minimum atomic E-state index is -0.574. The maximum atomic E-state index is 10.1. The molecule has 1 unspecified atom stereocenters. The summed E-state index contributed by atoms with van der Waals surface area (Å²) in [5.41, 5.74) is 2.22. The molecule has 0 saturated carbocycles. The number of nitrogens with zero attached hydrogens (tertiary/aromatic N) is 3. The number of fused-ring (bicyclic) bond motifs is 1. The minimum absolute atomic E-state index is 0.392. The van der Waals surface area contributed by atoms with Crippen molar-refractivity contribution in [1.82, 2.24) is 15.0 Å². The average Bonchev–Trinajstić information content (AvgIpc) is 2.53. The van der Waals surface area contributed by atoms with Crippen LogP contribution in [0.25, 0.3) is 11.2 Å². The van der Waals surface area contributed by atoms with Crippen LogP contribution in [0.5, 0.6) is 0 Å². The van der Waals surface area contributed by atoms with Gasteiger partial charge in [-0.2, -0.15) is 0 Å². The van der Waals surface area contributed by atoms with Gasteiger partial charge in [0, 0.05) is 18.9 Å². The molecule has 3 aromatic rings. The summed E-state index contributed by atoms with van der Waals surface area (Å²) in [5, 5.41) is 13.2. The molecule has 2 heterocycles. The molecule has 0 radical (unpaired) electrons. The highest BCUT2D eigenvalue weighted by Gasteiger charge is 2.07. The maximum Gasteiger partial charge on any atom is 0.180 e. The van der Waals surface area contributed by atoms with Crippen molar-refractivity contribution in [3.8, 4) is 0 Å². The van der Waals surface area contributed by atoms with E-state index in [4.69, 9.17) is 0 Å². The Hall–Kier alpha value is -2.53. The second kappa shape index (κ2) is 5.63. The molecule has 1 aromatic carbocycles. The number of benzene rings is 1. The Kier molecular flexibility index (Phi) is 3.52. The molecule has 0 amide bonds. The molecule has 5 heteroatoms. The molecule has 20 heavy (non-hydrogen) atoms. The lowest BCUT2D eigenvalue weighted by Gasteiger charge is -2.12. The summed E-state index contributed by atoms with van der Waals surface area (Å²) in [4.78, 5) is 12.7. The molecule has 0 aliphatic carbocycles. The third-order valence-corrected chi connectivity index (χ3v) is 2.99. The van der Waals surface area contributed by atoms with Gasteiger partial charge in [-0.1, -0.05) is 30.3 Å². The van der Waals surface area contributed by atoms with Crippen LogP contribution in [0.4, 0.5) is 5.82 Å². The van der Waals surface area contributed by atoms with Crippen molar-refractivity contribution in [3.63, 3.8) is 0 Å². The van der Waals surface area contributed by atoms with Gasteiger partial charge in [0.1, 0.15) is 11.3 Å². The number of hydrogen-bond donors (Lipinski definition) is 2. The zero-order valence-electron chi connectivity index (χ0n) is 10.8. The molecule has 2 aromatic heterocycles. The van der Waals surface area contributed by atoms with Crippen molar-refractivity contribution in [3.05, 3.63) is 60.4 Å². The molecule has 100 valence electrons. The molecular weight excluding hydrogens is 252 g/mol. The van der Waals surface area contributed by atoms with Gasteiger partial charge in [-0.05, 0) is 17.7 Å². The van der Waals surface area contributed by atoms with Gasteiger partial charge in [0.25, 0.3) is 0 Å². The molecule has 0 saturated heterocycles. The van der Waals surface area contributed by atoms with Gasteiger partial charge in [-0.3, -0.25) is 4.98 Å². The zero-order chi connectivity index (χ0) is 13.8. The lowest BCUT2D eigenvalue weighted by molar-refractivity contribution is 0.191. The van der Waals surface area contributed by atoms with Crippen LogP contribution in [0.15, 0.2) is 54.9 Å². The van der Waals surface area contributed by atoms with Gasteiger partial charge < -0.3 is 10.4 Å². The third kappa shape index (κ3) is 2.73. The predicted molar refractivity (Wildman–Crippen MR) is 77.2 cm³/mol. The minimum Gasteiger partial charge on any atom is -0.387 e. The Morgan fingerprint density at radius 2 is 1.80 bits per heavy atom.